The Bertz CT molecular complexity index is 561. The van der Waals surface area contributed by atoms with Crippen LogP contribution in [0, 0.1) is 11.6 Å². The highest BCUT2D eigenvalue weighted by molar-refractivity contribution is 5.57. The van der Waals surface area contributed by atoms with Crippen LogP contribution in [0.2, 0.25) is 0 Å². The molecule has 1 heterocycles. The fourth-order valence-electron chi connectivity index (χ4n) is 1.81. The molecule has 2 aromatic rings. The normalized spacial score (nSPS) is 15.0. The fourth-order valence-corrected chi connectivity index (χ4v) is 1.81. The SMILES string of the molecule is Fc1ccc(-c2ccc(CNC3CC3)o2)cc1F. The number of hydrogen-bond acceptors (Lipinski definition) is 2. The molecule has 0 bridgehead atoms. The molecule has 0 amide bonds. The van der Waals surface area contributed by atoms with Gasteiger partial charge in [-0.25, -0.2) is 8.78 Å². The van der Waals surface area contributed by atoms with Crippen LogP contribution in [-0.4, -0.2) is 6.04 Å². The van der Waals surface area contributed by atoms with Crippen molar-refractivity contribution in [3.63, 3.8) is 0 Å². The second kappa shape index (κ2) is 4.53. The van der Waals surface area contributed by atoms with Crippen molar-refractivity contribution in [3.05, 3.63) is 47.7 Å². The highest BCUT2D eigenvalue weighted by atomic mass is 19.2. The van der Waals surface area contributed by atoms with E-state index in [0.29, 0.717) is 23.9 Å². The molecule has 1 saturated carbocycles. The van der Waals surface area contributed by atoms with E-state index < -0.39 is 11.6 Å². The number of hydrogen-bond donors (Lipinski definition) is 1. The van der Waals surface area contributed by atoms with E-state index in [1.54, 1.807) is 6.07 Å². The summed E-state index contributed by atoms with van der Waals surface area (Å²) in [5, 5.41) is 3.33. The van der Waals surface area contributed by atoms with E-state index in [4.69, 9.17) is 4.42 Å². The summed E-state index contributed by atoms with van der Waals surface area (Å²) in [7, 11) is 0. The number of furan rings is 1. The van der Waals surface area contributed by atoms with Crippen molar-refractivity contribution in [1.29, 1.82) is 0 Å². The second-order valence-electron chi connectivity index (χ2n) is 4.55. The van der Waals surface area contributed by atoms with Gasteiger partial charge in [-0.2, -0.15) is 0 Å². The smallest absolute Gasteiger partial charge is 0.159 e. The first-order chi connectivity index (χ1) is 8.72. The Labute approximate surface area is 104 Å². The predicted octanol–water partition coefficient (Wildman–Crippen LogP) is 3.48. The van der Waals surface area contributed by atoms with Gasteiger partial charge in [0.25, 0.3) is 0 Å². The van der Waals surface area contributed by atoms with E-state index in [1.165, 1.54) is 18.9 Å². The lowest BCUT2D eigenvalue weighted by molar-refractivity contribution is 0.489. The molecule has 0 spiro atoms. The van der Waals surface area contributed by atoms with Gasteiger partial charge in [-0.1, -0.05) is 0 Å². The van der Waals surface area contributed by atoms with Crippen LogP contribution in [-0.2, 0) is 6.54 Å². The molecule has 94 valence electrons. The van der Waals surface area contributed by atoms with Crippen LogP contribution >= 0.6 is 0 Å². The first kappa shape index (κ1) is 11.4. The van der Waals surface area contributed by atoms with Crippen LogP contribution in [0.4, 0.5) is 8.78 Å². The molecule has 0 atom stereocenters. The molecular formula is C14H13F2NO. The lowest BCUT2D eigenvalue weighted by Gasteiger charge is -2.00. The van der Waals surface area contributed by atoms with Gasteiger partial charge in [-0.15, -0.1) is 0 Å². The van der Waals surface area contributed by atoms with Gasteiger partial charge in [-0.05, 0) is 43.2 Å². The largest absolute Gasteiger partial charge is 0.460 e. The molecule has 0 radical (unpaired) electrons. The van der Waals surface area contributed by atoms with Gasteiger partial charge in [0.1, 0.15) is 11.5 Å². The van der Waals surface area contributed by atoms with Crippen molar-refractivity contribution in [3.8, 4) is 11.3 Å². The summed E-state index contributed by atoms with van der Waals surface area (Å²) in [6.45, 7) is 0.675. The first-order valence-electron chi connectivity index (χ1n) is 6.00. The quantitative estimate of drug-likeness (QED) is 0.897. The van der Waals surface area contributed by atoms with E-state index in [2.05, 4.69) is 5.32 Å². The van der Waals surface area contributed by atoms with Gasteiger partial charge in [-0.3, -0.25) is 0 Å². The predicted molar refractivity (Wildman–Crippen MR) is 63.9 cm³/mol. The van der Waals surface area contributed by atoms with Crippen molar-refractivity contribution >= 4 is 0 Å². The Balaban J connectivity index is 1.76. The Morgan fingerprint density at radius 3 is 2.67 bits per heavy atom. The standard InChI is InChI=1S/C14H13F2NO/c15-12-5-1-9(7-13(12)16)14-6-4-11(18-14)8-17-10-2-3-10/h1,4-7,10,17H,2-3,8H2. The van der Waals surface area contributed by atoms with Crippen molar-refractivity contribution in [2.75, 3.05) is 0 Å². The van der Waals surface area contributed by atoms with E-state index in [9.17, 15) is 8.78 Å². The van der Waals surface area contributed by atoms with E-state index in [-0.39, 0.29) is 0 Å². The molecule has 0 unspecified atom stereocenters. The number of nitrogens with one attached hydrogen (secondary N) is 1. The lowest BCUT2D eigenvalue weighted by atomic mass is 10.1. The van der Waals surface area contributed by atoms with Gasteiger partial charge in [0.05, 0.1) is 6.54 Å². The topological polar surface area (TPSA) is 25.2 Å². The lowest BCUT2D eigenvalue weighted by Crippen LogP contribution is -2.14. The van der Waals surface area contributed by atoms with Crippen molar-refractivity contribution in [2.45, 2.75) is 25.4 Å². The molecule has 0 saturated heterocycles. The maximum Gasteiger partial charge on any atom is 0.159 e. The third-order valence-electron chi connectivity index (χ3n) is 3.01. The number of halogens is 2. The van der Waals surface area contributed by atoms with Gasteiger partial charge in [0, 0.05) is 11.6 Å². The third kappa shape index (κ3) is 2.43. The average molecular weight is 249 g/mol. The van der Waals surface area contributed by atoms with E-state index >= 15 is 0 Å². The minimum absolute atomic E-state index is 0.548. The molecule has 3 rings (SSSR count). The fraction of sp³-hybridized carbons (Fsp3) is 0.286. The molecule has 1 N–H and O–H groups in total. The zero-order chi connectivity index (χ0) is 12.5. The van der Waals surface area contributed by atoms with Crippen LogP contribution in [0.15, 0.2) is 34.7 Å². The van der Waals surface area contributed by atoms with E-state index in [0.717, 1.165) is 17.9 Å². The monoisotopic (exact) mass is 249 g/mol. The zero-order valence-corrected chi connectivity index (χ0v) is 9.75. The molecule has 0 aliphatic heterocycles. The summed E-state index contributed by atoms with van der Waals surface area (Å²) in [5.74, 6) is -0.342. The molecule has 4 heteroatoms. The van der Waals surface area contributed by atoms with Gasteiger partial charge in [0.15, 0.2) is 11.6 Å². The van der Waals surface area contributed by atoms with Crippen molar-refractivity contribution < 1.29 is 13.2 Å². The minimum atomic E-state index is -0.860. The highest BCUT2D eigenvalue weighted by Crippen LogP contribution is 2.25. The van der Waals surface area contributed by atoms with Crippen LogP contribution in [0.1, 0.15) is 18.6 Å². The Morgan fingerprint density at radius 2 is 1.94 bits per heavy atom. The van der Waals surface area contributed by atoms with E-state index in [1.807, 2.05) is 6.07 Å². The summed E-state index contributed by atoms with van der Waals surface area (Å²) < 4.78 is 31.5. The van der Waals surface area contributed by atoms with Crippen molar-refractivity contribution in [1.82, 2.24) is 5.32 Å². The third-order valence-corrected chi connectivity index (χ3v) is 3.01. The van der Waals surface area contributed by atoms with Crippen molar-refractivity contribution in [2.24, 2.45) is 0 Å². The van der Waals surface area contributed by atoms with Crippen LogP contribution in [0.5, 0.6) is 0 Å². The summed E-state index contributed by atoms with van der Waals surface area (Å²) in [4.78, 5) is 0. The molecule has 1 fully saturated rings. The Kier molecular flexibility index (Phi) is 2.88. The van der Waals surface area contributed by atoms with Crippen LogP contribution in [0.25, 0.3) is 11.3 Å². The second-order valence-corrected chi connectivity index (χ2v) is 4.55. The van der Waals surface area contributed by atoms with Crippen LogP contribution in [0.3, 0.4) is 0 Å². The van der Waals surface area contributed by atoms with Gasteiger partial charge >= 0.3 is 0 Å². The minimum Gasteiger partial charge on any atom is -0.460 e. The van der Waals surface area contributed by atoms with Gasteiger partial charge < -0.3 is 9.73 Å². The Hall–Kier alpha value is -1.68. The summed E-state index contributed by atoms with van der Waals surface area (Å²) >= 11 is 0. The maximum absolute atomic E-state index is 13.1. The molecule has 1 aromatic carbocycles. The first-order valence-corrected chi connectivity index (χ1v) is 6.00. The van der Waals surface area contributed by atoms with Gasteiger partial charge in [0.2, 0.25) is 0 Å². The summed E-state index contributed by atoms with van der Waals surface area (Å²) in [6.07, 6.45) is 2.44. The molecule has 1 aliphatic rings. The summed E-state index contributed by atoms with van der Waals surface area (Å²) in [6, 6.07) is 8.00. The zero-order valence-electron chi connectivity index (χ0n) is 9.75. The van der Waals surface area contributed by atoms with Crippen LogP contribution < -0.4 is 5.32 Å². The molecule has 18 heavy (non-hydrogen) atoms. The molecule has 2 nitrogen and oxygen atoms in total. The molecule has 1 aliphatic carbocycles. The summed E-state index contributed by atoms with van der Waals surface area (Å²) in [5.41, 5.74) is 0.548. The molecular weight excluding hydrogens is 236 g/mol. The Morgan fingerprint density at radius 1 is 1.11 bits per heavy atom. The number of benzene rings is 1. The number of rotatable bonds is 4. The highest BCUT2D eigenvalue weighted by Gasteiger charge is 2.20. The molecule has 1 aromatic heterocycles. The maximum atomic E-state index is 13.1. The average Bonchev–Trinajstić information content (AvgIpc) is 3.08.